The summed E-state index contributed by atoms with van der Waals surface area (Å²) in [6.45, 7) is 11.1. The summed E-state index contributed by atoms with van der Waals surface area (Å²) in [6.07, 6.45) is 6.53. The molecular weight excluding hydrogens is 403 g/mol. The number of carbonyl (C=O) groups excluding carboxylic acids is 1. The average Bonchev–Trinajstić information content (AvgIpc) is 2.90. The predicted octanol–water partition coefficient (Wildman–Crippen LogP) is 2.90. The third-order valence-corrected chi connectivity index (χ3v) is 4.24. The van der Waals surface area contributed by atoms with Crippen molar-refractivity contribution in [2.24, 2.45) is 16.3 Å². The largest absolute Gasteiger partial charge is 0.357 e. The van der Waals surface area contributed by atoms with E-state index in [1.54, 1.807) is 0 Å². The van der Waals surface area contributed by atoms with Crippen LogP contribution in [0.25, 0.3) is 0 Å². The Kier molecular flexibility index (Phi) is 11.6. The van der Waals surface area contributed by atoms with Crippen LogP contribution in [0.2, 0.25) is 0 Å². The summed E-state index contributed by atoms with van der Waals surface area (Å²) in [4.78, 5) is 15.9. The van der Waals surface area contributed by atoms with Crippen molar-refractivity contribution in [3.63, 3.8) is 0 Å². The molecule has 0 spiro atoms. The Morgan fingerprint density at radius 1 is 1.09 bits per heavy atom. The maximum atomic E-state index is 11.5. The number of amides is 1. The van der Waals surface area contributed by atoms with E-state index in [1.807, 2.05) is 13.8 Å². The lowest BCUT2D eigenvalue weighted by Crippen LogP contribution is -2.44. The van der Waals surface area contributed by atoms with Gasteiger partial charge in [-0.1, -0.05) is 26.7 Å². The highest BCUT2D eigenvalue weighted by Gasteiger charge is 2.34. The number of aliphatic imine (C=N–C) groups is 1. The Balaban J connectivity index is 0.00000484. The van der Waals surface area contributed by atoms with Gasteiger partial charge in [0.05, 0.1) is 0 Å². The first-order valence-electron chi connectivity index (χ1n) is 8.80. The van der Waals surface area contributed by atoms with Gasteiger partial charge in [-0.25, -0.2) is 4.99 Å². The molecule has 23 heavy (non-hydrogen) atoms. The summed E-state index contributed by atoms with van der Waals surface area (Å²) in [5, 5.41) is 9.47. The molecule has 0 heterocycles. The molecule has 1 aliphatic carbocycles. The van der Waals surface area contributed by atoms with Gasteiger partial charge in [0.25, 0.3) is 0 Å². The van der Waals surface area contributed by atoms with E-state index in [-0.39, 0.29) is 36.4 Å². The van der Waals surface area contributed by atoms with Crippen LogP contribution in [-0.2, 0) is 4.79 Å². The molecule has 0 saturated heterocycles. The highest BCUT2D eigenvalue weighted by molar-refractivity contribution is 14.0. The zero-order chi connectivity index (χ0) is 16.4. The topological polar surface area (TPSA) is 65.5 Å². The van der Waals surface area contributed by atoms with Crippen LogP contribution in [0.5, 0.6) is 0 Å². The quantitative estimate of drug-likeness (QED) is 0.310. The summed E-state index contributed by atoms with van der Waals surface area (Å²) >= 11 is 0. The molecule has 0 bridgehead atoms. The lowest BCUT2D eigenvalue weighted by Gasteiger charge is -2.31. The molecule has 0 unspecified atom stereocenters. The van der Waals surface area contributed by atoms with Gasteiger partial charge >= 0.3 is 0 Å². The van der Waals surface area contributed by atoms with Crippen molar-refractivity contribution in [3.05, 3.63) is 0 Å². The van der Waals surface area contributed by atoms with Crippen molar-refractivity contribution >= 4 is 35.8 Å². The Hall–Kier alpha value is -0.530. The van der Waals surface area contributed by atoms with Crippen LogP contribution in [0.1, 0.15) is 59.8 Å². The Bertz CT molecular complexity index is 366. The first-order chi connectivity index (χ1) is 10.5. The number of nitrogens with zero attached hydrogens (tertiary/aromatic N) is 1. The average molecular weight is 438 g/mol. The second-order valence-electron chi connectivity index (χ2n) is 6.81. The van der Waals surface area contributed by atoms with Gasteiger partial charge < -0.3 is 16.0 Å². The maximum Gasteiger partial charge on any atom is 0.241 e. The minimum absolute atomic E-state index is 0. The van der Waals surface area contributed by atoms with E-state index in [0.717, 1.165) is 25.0 Å². The van der Waals surface area contributed by atoms with E-state index in [2.05, 4.69) is 34.8 Å². The van der Waals surface area contributed by atoms with Crippen LogP contribution in [0, 0.1) is 11.3 Å². The number of nitrogens with one attached hydrogen (secondary N) is 3. The fourth-order valence-electron chi connectivity index (χ4n) is 3.46. The molecule has 1 rings (SSSR count). The van der Waals surface area contributed by atoms with E-state index in [0.29, 0.717) is 12.0 Å². The maximum absolute atomic E-state index is 11.5. The van der Waals surface area contributed by atoms with Gasteiger partial charge in [-0.05, 0) is 44.4 Å². The van der Waals surface area contributed by atoms with E-state index < -0.39 is 0 Å². The molecule has 3 N–H and O–H groups in total. The third kappa shape index (κ3) is 8.77. The molecule has 0 aromatic rings. The van der Waals surface area contributed by atoms with E-state index in [1.165, 1.54) is 32.1 Å². The molecule has 5 nitrogen and oxygen atoms in total. The minimum atomic E-state index is -0.0301. The fourth-order valence-corrected chi connectivity index (χ4v) is 3.46. The SMILES string of the molecule is CCNC(=O)CN=C(NCC)NCC1(CC(C)C)CCCC1.I. The van der Waals surface area contributed by atoms with Crippen molar-refractivity contribution in [3.8, 4) is 0 Å². The zero-order valence-corrected chi connectivity index (χ0v) is 17.5. The standard InChI is InChI=1S/C17H34N4O.HI/c1-5-18-15(22)12-20-16(19-6-2)21-13-17(11-14(3)4)9-7-8-10-17;/h14H,5-13H2,1-4H3,(H,18,22)(H2,19,20,21);1H. The van der Waals surface area contributed by atoms with Gasteiger partial charge in [0.1, 0.15) is 6.54 Å². The normalized spacial score (nSPS) is 16.8. The van der Waals surface area contributed by atoms with E-state index in [9.17, 15) is 4.79 Å². The van der Waals surface area contributed by atoms with Crippen molar-refractivity contribution in [1.29, 1.82) is 0 Å². The number of guanidine groups is 1. The third-order valence-electron chi connectivity index (χ3n) is 4.24. The van der Waals surface area contributed by atoms with Crippen LogP contribution >= 0.6 is 24.0 Å². The fraction of sp³-hybridized carbons (Fsp3) is 0.882. The molecule has 1 fully saturated rings. The van der Waals surface area contributed by atoms with Crippen LogP contribution in [-0.4, -0.2) is 38.0 Å². The first kappa shape index (κ1) is 22.5. The molecular formula is C17H35IN4O. The molecule has 1 amide bonds. The highest BCUT2D eigenvalue weighted by atomic mass is 127. The summed E-state index contributed by atoms with van der Waals surface area (Å²) < 4.78 is 0. The van der Waals surface area contributed by atoms with Crippen LogP contribution in [0.15, 0.2) is 4.99 Å². The first-order valence-corrected chi connectivity index (χ1v) is 8.80. The highest BCUT2D eigenvalue weighted by Crippen LogP contribution is 2.42. The van der Waals surface area contributed by atoms with E-state index >= 15 is 0 Å². The van der Waals surface area contributed by atoms with Gasteiger partial charge in [0.2, 0.25) is 5.91 Å². The second kappa shape index (κ2) is 11.9. The number of likely N-dealkylation sites (N-methyl/N-ethyl adjacent to an activating group) is 1. The molecule has 0 aromatic carbocycles. The summed E-state index contributed by atoms with van der Waals surface area (Å²) in [6, 6.07) is 0. The van der Waals surface area contributed by atoms with Crippen LogP contribution < -0.4 is 16.0 Å². The minimum Gasteiger partial charge on any atom is -0.357 e. The van der Waals surface area contributed by atoms with Gasteiger partial charge in [0, 0.05) is 19.6 Å². The lowest BCUT2D eigenvalue weighted by molar-refractivity contribution is -0.119. The predicted molar refractivity (Wildman–Crippen MR) is 108 cm³/mol. The lowest BCUT2D eigenvalue weighted by atomic mass is 9.78. The number of carbonyl (C=O) groups is 1. The summed E-state index contributed by atoms with van der Waals surface area (Å²) in [5.74, 6) is 1.44. The molecule has 136 valence electrons. The molecule has 0 atom stereocenters. The van der Waals surface area contributed by atoms with Crippen molar-refractivity contribution in [2.75, 3.05) is 26.2 Å². The molecule has 0 aliphatic heterocycles. The van der Waals surface area contributed by atoms with Gasteiger partial charge in [-0.15, -0.1) is 24.0 Å². The van der Waals surface area contributed by atoms with E-state index in [4.69, 9.17) is 0 Å². The second-order valence-corrected chi connectivity index (χ2v) is 6.81. The summed E-state index contributed by atoms with van der Waals surface area (Å²) in [5.41, 5.74) is 0.399. The number of rotatable bonds is 8. The van der Waals surface area contributed by atoms with Crippen molar-refractivity contribution in [2.45, 2.75) is 59.8 Å². The smallest absolute Gasteiger partial charge is 0.241 e. The Morgan fingerprint density at radius 3 is 2.22 bits per heavy atom. The van der Waals surface area contributed by atoms with Gasteiger partial charge in [-0.2, -0.15) is 0 Å². The molecule has 6 heteroatoms. The van der Waals surface area contributed by atoms with Gasteiger partial charge in [-0.3, -0.25) is 4.79 Å². The molecule has 0 radical (unpaired) electrons. The Morgan fingerprint density at radius 2 is 1.70 bits per heavy atom. The molecule has 1 saturated carbocycles. The molecule has 0 aromatic heterocycles. The zero-order valence-electron chi connectivity index (χ0n) is 15.2. The van der Waals surface area contributed by atoms with Crippen LogP contribution in [0.4, 0.5) is 0 Å². The Labute approximate surface area is 158 Å². The van der Waals surface area contributed by atoms with Crippen molar-refractivity contribution < 1.29 is 4.79 Å². The number of halogens is 1. The number of hydrogen-bond acceptors (Lipinski definition) is 2. The monoisotopic (exact) mass is 438 g/mol. The van der Waals surface area contributed by atoms with Crippen molar-refractivity contribution in [1.82, 2.24) is 16.0 Å². The number of hydrogen-bond donors (Lipinski definition) is 3. The van der Waals surface area contributed by atoms with Gasteiger partial charge in [0.15, 0.2) is 5.96 Å². The van der Waals surface area contributed by atoms with Crippen LogP contribution in [0.3, 0.4) is 0 Å². The molecule has 1 aliphatic rings. The summed E-state index contributed by atoms with van der Waals surface area (Å²) in [7, 11) is 0.